The van der Waals surface area contributed by atoms with Gasteiger partial charge in [-0.2, -0.15) is 0 Å². The maximum absolute atomic E-state index is 3.71. The van der Waals surface area contributed by atoms with E-state index in [2.05, 4.69) is 38.0 Å². The van der Waals surface area contributed by atoms with Gasteiger partial charge in [0.2, 0.25) is 0 Å². The molecule has 0 heterocycles. The van der Waals surface area contributed by atoms with Crippen LogP contribution < -0.4 is 5.32 Å². The van der Waals surface area contributed by atoms with Gasteiger partial charge < -0.3 is 10.2 Å². The van der Waals surface area contributed by atoms with Gasteiger partial charge >= 0.3 is 0 Å². The van der Waals surface area contributed by atoms with Gasteiger partial charge in [-0.25, -0.2) is 0 Å². The molecule has 3 atom stereocenters. The normalized spacial score (nSPS) is 26.5. The number of hydrogen-bond acceptors (Lipinski definition) is 2. The molecule has 2 heteroatoms. The molecule has 2 nitrogen and oxygen atoms in total. The minimum absolute atomic E-state index is 0.689. The van der Waals surface area contributed by atoms with E-state index in [0.29, 0.717) is 6.04 Å². The van der Waals surface area contributed by atoms with E-state index >= 15 is 0 Å². The smallest absolute Gasteiger partial charge is 0.0194 e. The zero-order valence-electron chi connectivity index (χ0n) is 13.0. The molecule has 0 aliphatic heterocycles. The molecular weight excluding hydrogens is 220 g/mol. The minimum Gasteiger partial charge on any atom is -0.313 e. The van der Waals surface area contributed by atoms with E-state index in [0.717, 1.165) is 12.0 Å². The molecule has 1 fully saturated rings. The van der Waals surface area contributed by atoms with Crippen molar-refractivity contribution >= 4 is 0 Å². The van der Waals surface area contributed by atoms with Gasteiger partial charge in [0.15, 0.2) is 0 Å². The maximum atomic E-state index is 3.71. The van der Waals surface area contributed by atoms with Crippen molar-refractivity contribution in [1.82, 2.24) is 10.2 Å². The summed E-state index contributed by atoms with van der Waals surface area (Å²) < 4.78 is 0. The Balaban J connectivity index is 2.40. The summed E-state index contributed by atoms with van der Waals surface area (Å²) in [5.74, 6) is 0.886. The van der Waals surface area contributed by atoms with E-state index in [1.165, 1.54) is 58.0 Å². The monoisotopic (exact) mass is 254 g/mol. The molecule has 1 rings (SSSR count). The summed E-state index contributed by atoms with van der Waals surface area (Å²) in [6.45, 7) is 9.38. The molecule has 1 aliphatic rings. The summed E-state index contributed by atoms with van der Waals surface area (Å²) >= 11 is 0. The van der Waals surface area contributed by atoms with Gasteiger partial charge in [-0.1, -0.05) is 40.0 Å². The highest BCUT2D eigenvalue weighted by atomic mass is 15.2. The summed E-state index contributed by atoms with van der Waals surface area (Å²) in [7, 11) is 2.34. The highest BCUT2D eigenvalue weighted by Crippen LogP contribution is 2.27. The van der Waals surface area contributed by atoms with E-state index in [1.807, 2.05) is 0 Å². The van der Waals surface area contributed by atoms with Gasteiger partial charge in [-0.15, -0.1) is 0 Å². The van der Waals surface area contributed by atoms with Crippen molar-refractivity contribution in [3.05, 3.63) is 0 Å². The van der Waals surface area contributed by atoms with Crippen molar-refractivity contribution in [2.75, 3.05) is 20.1 Å². The van der Waals surface area contributed by atoms with Crippen LogP contribution in [0.25, 0.3) is 0 Å². The second-order valence-corrected chi connectivity index (χ2v) is 6.21. The molecule has 0 aromatic rings. The van der Waals surface area contributed by atoms with Crippen molar-refractivity contribution in [2.24, 2.45) is 5.92 Å². The topological polar surface area (TPSA) is 15.3 Å². The van der Waals surface area contributed by atoms with Crippen molar-refractivity contribution in [1.29, 1.82) is 0 Å². The van der Waals surface area contributed by atoms with E-state index in [1.54, 1.807) is 0 Å². The molecule has 0 radical (unpaired) electrons. The highest BCUT2D eigenvalue weighted by molar-refractivity contribution is 4.82. The van der Waals surface area contributed by atoms with E-state index in [9.17, 15) is 0 Å². The average Bonchev–Trinajstić information content (AvgIpc) is 2.36. The van der Waals surface area contributed by atoms with Crippen LogP contribution in [0.3, 0.4) is 0 Å². The van der Waals surface area contributed by atoms with E-state index < -0.39 is 0 Å². The van der Waals surface area contributed by atoms with Gasteiger partial charge in [0.05, 0.1) is 0 Å². The summed E-state index contributed by atoms with van der Waals surface area (Å²) in [5.41, 5.74) is 0. The molecule has 1 aliphatic carbocycles. The molecule has 18 heavy (non-hydrogen) atoms. The maximum Gasteiger partial charge on any atom is 0.0194 e. The third-order valence-electron chi connectivity index (χ3n) is 4.46. The van der Waals surface area contributed by atoms with Crippen molar-refractivity contribution in [2.45, 2.75) is 77.8 Å². The van der Waals surface area contributed by atoms with E-state index in [4.69, 9.17) is 0 Å². The third kappa shape index (κ3) is 5.27. The quantitative estimate of drug-likeness (QED) is 0.711. The lowest BCUT2D eigenvalue weighted by Gasteiger charge is -2.38. The summed E-state index contributed by atoms with van der Waals surface area (Å²) in [6.07, 6.45) is 9.54. The Hall–Kier alpha value is -0.0800. The van der Waals surface area contributed by atoms with Crippen molar-refractivity contribution < 1.29 is 0 Å². The molecule has 0 aromatic heterocycles. The lowest BCUT2D eigenvalue weighted by Crippen LogP contribution is -2.46. The standard InChI is InChI=1S/C16H34N2/c1-5-9-15(17-12-6-2)13-18(4)16-11-8-7-10-14(16)3/h14-17H,5-13H2,1-4H3. The second kappa shape index (κ2) is 8.92. The number of nitrogens with one attached hydrogen (secondary N) is 1. The Morgan fingerprint density at radius 1 is 1.17 bits per heavy atom. The first-order chi connectivity index (χ1) is 8.69. The molecule has 0 bridgehead atoms. The summed E-state index contributed by atoms with van der Waals surface area (Å²) in [4.78, 5) is 2.63. The van der Waals surface area contributed by atoms with Crippen LogP contribution in [0.5, 0.6) is 0 Å². The van der Waals surface area contributed by atoms with Crippen LogP contribution in [0.15, 0.2) is 0 Å². The second-order valence-electron chi connectivity index (χ2n) is 6.21. The van der Waals surface area contributed by atoms with Crippen molar-refractivity contribution in [3.63, 3.8) is 0 Å². The Bertz CT molecular complexity index is 205. The van der Waals surface area contributed by atoms with Crippen LogP contribution in [0.2, 0.25) is 0 Å². The average molecular weight is 254 g/mol. The Morgan fingerprint density at radius 3 is 2.50 bits per heavy atom. The van der Waals surface area contributed by atoms with Crippen LogP contribution in [-0.2, 0) is 0 Å². The molecule has 3 unspecified atom stereocenters. The molecule has 0 saturated heterocycles. The molecular formula is C16H34N2. The predicted octanol–water partition coefficient (Wildman–Crippen LogP) is 3.67. The Labute approximate surface area is 115 Å². The van der Waals surface area contributed by atoms with Crippen molar-refractivity contribution in [3.8, 4) is 0 Å². The molecule has 1 N–H and O–H groups in total. The fraction of sp³-hybridized carbons (Fsp3) is 1.00. The largest absolute Gasteiger partial charge is 0.313 e. The zero-order valence-corrected chi connectivity index (χ0v) is 13.0. The number of nitrogens with zero attached hydrogens (tertiary/aromatic N) is 1. The predicted molar refractivity (Wildman–Crippen MR) is 81.0 cm³/mol. The van der Waals surface area contributed by atoms with Crippen LogP contribution >= 0.6 is 0 Å². The minimum atomic E-state index is 0.689. The Morgan fingerprint density at radius 2 is 1.89 bits per heavy atom. The number of rotatable bonds is 8. The van der Waals surface area contributed by atoms with Crippen LogP contribution in [0.4, 0.5) is 0 Å². The number of likely N-dealkylation sites (N-methyl/N-ethyl adjacent to an activating group) is 1. The fourth-order valence-electron chi connectivity index (χ4n) is 3.39. The van der Waals surface area contributed by atoms with Crippen LogP contribution in [0.1, 0.15) is 65.7 Å². The lowest BCUT2D eigenvalue weighted by molar-refractivity contribution is 0.126. The highest BCUT2D eigenvalue weighted by Gasteiger charge is 2.25. The fourth-order valence-corrected chi connectivity index (χ4v) is 3.39. The summed E-state index contributed by atoms with van der Waals surface area (Å²) in [5, 5.41) is 3.71. The van der Waals surface area contributed by atoms with Gasteiger partial charge in [0.25, 0.3) is 0 Å². The van der Waals surface area contributed by atoms with Gasteiger partial charge in [0.1, 0.15) is 0 Å². The van der Waals surface area contributed by atoms with E-state index in [-0.39, 0.29) is 0 Å². The van der Waals surface area contributed by atoms with Gasteiger partial charge in [-0.05, 0) is 45.2 Å². The zero-order chi connectivity index (χ0) is 13.4. The molecule has 0 spiro atoms. The summed E-state index contributed by atoms with van der Waals surface area (Å²) in [6, 6.07) is 1.51. The molecule has 1 saturated carbocycles. The first kappa shape index (κ1) is 16.0. The van der Waals surface area contributed by atoms with Gasteiger partial charge in [-0.3, -0.25) is 0 Å². The molecule has 0 amide bonds. The molecule has 0 aromatic carbocycles. The third-order valence-corrected chi connectivity index (χ3v) is 4.46. The van der Waals surface area contributed by atoms with Gasteiger partial charge in [0, 0.05) is 18.6 Å². The SMILES string of the molecule is CCCNC(CCC)CN(C)C1CCCCC1C. The lowest BCUT2D eigenvalue weighted by atomic mass is 9.85. The first-order valence-electron chi connectivity index (χ1n) is 8.12. The Kier molecular flexibility index (Phi) is 7.92. The van der Waals surface area contributed by atoms with Crippen LogP contribution in [0, 0.1) is 5.92 Å². The first-order valence-corrected chi connectivity index (χ1v) is 8.12. The molecule has 108 valence electrons. The van der Waals surface area contributed by atoms with Crippen LogP contribution in [-0.4, -0.2) is 37.1 Å². The number of hydrogen-bond donors (Lipinski definition) is 1.